The Labute approximate surface area is 161 Å². The molecule has 2 heterocycles. The van der Waals surface area contributed by atoms with Gasteiger partial charge in [-0.05, 0) is 62.4 Å². The van der Waals surface area contributed by atoms with E-state index in [1.54, 1.807) is 15.8 Å². The molecule has 1 saturated carbocycles. The van der Waals surface area contributed by atoms with Crippen LogP contribution in [-0.4, -0.2) is 40.9 Å². The maximum atomic E-state index is 12.8. The Morgan fingerprint density at radius 2 is 1.74 bits per heavy atom. The van der Waals surface area contributed by atoms with Gasteiger partial charge in [0.2, 0.25) is 0 Å². The molecule has 144 valence electrons. The SMILES string of the molecule is O=C(NCC1([NH+]2CCCCC2)CCCCC1)c1ccc(-n2cccn2)cc1. The number of hydrogen-bond donors (Lipinski definition) is 2. The molecule has 2 N–H and O–H groups in total. The molecule has 1 aliphatic heterocycles. The van der Waals surface area contributed by atoms with Crippen LogP contribution in [-0.2, 0) is 0 Å². The number of rotatable bonds is 5. The highest BCUT2D eigenvalue weighted by atomic mass is 16.1. The van der Waals surface area contributed by atoms with Crippen LogP contribution in [0, 0.1) is 0 Å². The standard InChI is InChI=1S/C22H30N4O/c27-21(19-8-10-20(11-9-19)26-17-7-14-24-26)23-18-22(12-3-1-4-13-22)25-15-5-2-6-16-25/h7-11,14,17H,1-6,12-13,15-16,18H2,(H,23,27)/p+1. The van der Waals surface area contributed by atoms with Gasteiger partial charge in [0.05, 0.1) is 25.3 Å². The van der Waals surface area contributed by atoms with Gasteiger partial charge in [-0.3, -0.25) is 4.79 Å². The molecule has 0 unspecified atom stereocenters. The molecule has 1 aromatic heterocycles. The van der Waals surface area contributed by atoms with E-state index in [1.165, 1.54) is 64.5 Å². The Bertz CT molecular complexity index is 726. The van der Waals surface area contributed by atoms with Gasteiger partial charge in [-0.2, -0.15) is 5.10 Å². The van der Waals surface area contributed by atoms with Crippen molar-refractivity contribution in [2.24, 2.45) is 0 Å². The molecule has 0 spiro atoms. The van der Waals surface area contributed by atoms with E-state index in [-0.39, 0.29) is 11.4 Å². The van der Waals surface area contributed by atoms with Crippen molar-refractivity contribution in [3.05, 3.63) is 48.3 Å². The number of carbonyl (C=O) groups is 1. The molecule has 5 nitrogen and oxygen atoms in total. The van der Waals surface area contributed by atoms with E-state index in [4.69, 9.17) is 0 Å². The highest BCUT2D eigenvalue weighted by molar-refractivity contribution is 5.94. The van der Waals surface area contributed by atoms with Crippen molar-refractivity contribution >= 4 is 5.91 Å². The molecule has 1 aromatic carbocycles. The van der Waals surface area contributed by atoms with Crippen molar-refractivity contribution < 1.29 is 9.69 Å². The predicted octanol–water partition coefficient (Wildman–Crippen LogP) is 2.37. The second-order valence-electron chi connectivity index (χ2n) is 8.19. The van der Waals surface area contributed by atoms with Crippen molar-refractivity contribution in [3.63, 3.8) is 0 Å². The van der Waals surface area contributed by atoms with Crippen LogP contribution in [0.15, 0.2) is 42.7 Å². The third-order valence-electron chi connectivity index (χ3n) is 6.50. The Kier molecular flexibility index (Phi) is 5.58. The van der Waals surface area contributed by atoms with Crippen LogP contribution in [0.2, 0.25) is 0 Å². The van der Waals surface area contributed by atoms with Gasteiger partial charge in [0.25, 0.3) is 5.91 Å². The fourth-order valence-corrected chi connectivity index (χ4v) is 4.93. The minimum absolute atomic E-state index is 0.0448. The monoisotopic (exact) mass is 367 g/mol. The lowest BCUT2D eigenvalue weighted by atomic mass is 9.79. The lowest BCUT2D eigenvalue weighted by Gasteiger charge is -2.45. The second kappa shape index (κ2) is 8.26. The molecule has 2 aliphatic rings. The Hall–Kier alpha value is -2.14. The zero-order chi connectivity index (χ0) is 18.5. The number of carbonyl (C=O) groups excluding carboxylic acids is 1. The van der Waals surface area contributed by atoms with Gasteiger partial charge in [0.15, 0.2) is 0 Å². The smallest absolute Gasteiger partial charge is 0.251 e. The largest absolute Gasteiger partial charge is 0.346 e. The molecule has 0 atom stereocenters. The second-order valence-corrected chi connectivity index (χ2v) is 8.19. The molecule has 1 saturated heterocycles. The number of nitrogens with zero attached hydrogens (tertiary/aromatic N) is 2. The fraction of sp³-hybridized carbons (Fsp3) is 0.545. The topological polar surface area (TPSA) is 51.4 Å². The molecule has 0 radical (unpaired) electrons. The van der Waals surface area contributed by atoms with Gasteiger partial charge in [-0.25, -0.2) is 4.68 Å². The average Bonchev–Trinajstić information content (AvgIpc) is 3.28. The van der Waals surface area contributed by atoms with E-state index in [9.17, 15) is 4.79 Å². The van der Waals surface area contributed by atoms with Crippen molar-refractivity contribution in [3.8, 4) is 5.69 Å². The summed E-state index contributed by atoms with van der Waals surface area (Å²) in [6.45, 7) is 3.35. The first-order chi connectivity index (χ1) is 13.3. The van der Waals surface area contributed by atoms with Crippen LogP contribution < -0.4 is 10.2 Å². The number of likely N-dealkylation sites (tertiary alicyclic amines) is 1. The number of piperidine rings is 1. The van der Waals surface area contributed by atoms with Gasteiger partial charge in [0, 0.05) is 30.8 Å². The first-order valence-corrected chi connectivity index (χ1v) is 10.5. The van der Waals surface area contributed by atoms with Crippen molar-refractivity contribution in [1.29, 1.82) is 0 Å². The Morgan fingerprint density at radius 1 is 1.04 bits per heavy atom. The van der Waals surface area contributed by atoms with E-state index < -0.39 is 0 Å². The van der Waals surface area contributed by atoms with Gasteiger partial charge in [-0.15, -0.1) is 0 Å². The molecular weight excluding hydrogens is 336 g/mol. The van der Waals surface area contributed by atoms with Crippen molar-refractivity contribution in [2.75, 3.05) is 19.6 Å². The van der Waals surface area contributed by atoms with Crippen LogP contribution in [0.4, 0.5) is 0 Å². The Morgan fingerprint density at radius 3 is 2.41 bits per heavy atom. The zero-order valence-corrected chi connectivity index (χ0v) is 16.1. The summed E-state index contributed by atoms with van der Waals surface area (Å²) in [5.41, 5.74) is 1.95. The Balaban J connectivity index is 1.41. The number of amides is 1. The summed E-state index contributed by atoms with van der Waals surface area (Å²) in [6, 6.07) is 9.59. The molecule has 1 amide bonds. The zero-order valence-electron chi connectivity index (χ0n) is 16.1. The van der Waals surface area contributed by atoms with Gasteiger partial charge in [-0.1, -0.05) is 6.42 Å². The first kappa shape index (κ1) is 18.2. The number of quaternary nitrogens is 1. The van der Waals surface area contributed by atoms with E-state index in [0.29, 0.717) is 0 Å². The van der Waals surface area contributed by atoms with Gasteiger partial charge >= 0.3 is 0 Å². The molecule has 2 fully saturated rings. The number of benzene rings is 1. The summed E-state index contributed by atoms with van der Waals surface area (Å²) in [5.74, 6) is 0.0448. The summed E-state index contributed by atoms with van der Waals surface area (Å²) in [4.78, 5) is 14.5. The van der Waals surface area contributed by atoms with E-state index in [1.807, 2.05) is 36.5 Å². The molecule has 27 heavy (non-hydrogen) atoms. The van der Waals surface area contributed by atoms with Crippen molar-refractivity contribution in [1.82, 2.24) is 15.1 Å². The minimum Gasteiger partial charge on any atom is -0.346 e. The predicted molar refractivity (Wildman–Crippen MR) is 106 cm³/mol. The third kappa shape index (κ3) is 4.08. The van der Waals surface area contributed by atoms with Crippen LogP contribution >= 0.6 is 0 Å². The van der Waals surface area contributed by atoms with Gasteiger partial charge in [0.1, 0.15) is 5.54 Å². The quantitative estimate of drug-likeness (QED) is 0.852. The third-order valence-corrected chi connectivity index (χ3v) is 6.50. The highest BCUT2D eigenvalue weighted by Crippen LogP contribution is 2.26. The van der Waals surface area contributed by atoms with Gasteiger partial charge < -0.3 is 10.2 Å². The summed E-state index contributed by atoms with van der Waals surface area (Å²) in [5, 5.41) is 7.51. The number of nitrogens with one attached hydrogen (secondary N) is 2. The lowest BCUT2D eigenvalue weighted by molar-refractivity contribution is -0.957. The lowest BCUT2D eigenvalue weighted by Crippen LogP contribution is -3.22. The first-order valence-electron chi connectivity index (χ1n) is 10.5. The molecule has 5 heteroatoms. The maximum Gasteiger partial charge on any atom is 0.251 e. The summed E-state index contributed by atoms with van der Waals surface area (Å²) >= 11 is 0. The summed E-state index contributed by atoms with van der Waals surface area (Å²) in [7, 11) is 0. The van der Waals surface area contributed by atoms with Crippen LogP contribution in [0.5, 0.6) is 0 Å². The molecule has 2 aromatic rings. The number of hydrogen-bond acceptors (Lipinski definition) is 2. The fourth-order valence-electron chi connectivity index (χ4n) is 4.93. The molecule has 4 rings (SSSR count). The summed E-state index contributed by atoms with van der Waals surface area (Å²) in [6.07, 6.45) is 14.2. The van der Waals surface area contributed by atoms with Crippen molar-refractivity contribution in [2.45, 2.75) is 56.9 Å². The molecule has 0 bridgehead atoms. The average molecular weight is 368 g/mol. The van der Waals surface area contributed by atoms with Crippen LogP contribution in [0.25, 0.3) is 5.69 Å². The molecule has 1 aliphatic carbocycles. The normalized spacial score (nSPS) is 20.3. The van der Waals surface area contributed by atoms with Crippen LogP contribution in [0.3, 0.4) is 0 Å². The minimum atomic E-state index is 0.0448. The number of aromatic nitrogens is 2. The molecular formula is C22H31N4O+. The van der Waals surface area contributed by atoms with E-state index in [0.717, 1.165) is 17.8 Å². The maximum absolute atomic E-state index is 12.8. The highest BCUT2D eigenvalue weighted by Gasteiger charge is 2.42. The van der Waals surface area contributed by atoms with Crippen LogP contribution in [0.1, 0.15) is 61.7 Å². The van der Waals surface area contributed by atoms with E-state index in [2.05, 4.69) is 10.4 Å². The summed E-state index contributed by atoms with van der Waals surface area (Å²) < 4.78 is 1.80. The van der Waals surface area contributed by atoms with E-state index >= 15 is 0 Å².